The summed E-state index contributed by atoms with van der Waals surface area (Å²) in [5, 5.41) is 18.5. The van der Waals surface area contributed by atoms with Gasteiger partial charge in [0.25, 0.3) is 21.6 Å². The van der Waals surface area contributed by atoms with Crippen molar-refractivity contribution in [3.05, 3.63) is 135 Å². The van der Waals surface area contributed by atoms with Gasteiger partial charge in [-0.05, 0) is 84.0 Å². The molecule has 5 aromatic rings. The molecule has 312 valence electrons. The molecule has 5 aromatic carbocycles. The summed E-state index contributed by atoms with van der Waals surface area (Å²) in [4.78, 5) is 41.1. The number of hydrogen-bond acceptors (Lipinski definition) is 11. The molecule has 16 heteroatoms. The molecular formula is C44H45ClN6O8S. The van der Waals surface area contributed by atoms with Gasteiger partial charge in [0, 0.05) is 94.0 Å². The van der Waals surface area contributed by atoms with E-state index in [1.807, 2.05) is 36.4 Å². The highest BCUT2D eigenvalue weighted by Gasteiger charge is 2.27. The van der Waals surface area contributed by atoms with Crippen molar-refractivity contribution in [1.29, 1.82) is 0 Å². The number of piperazine rings is 1. The first-order valence-corrected chi connectivity index (χ1v) is 21.5. The van der Waals surface area contributed by atoms with Crippen molar-refractivity contribution >= 4 is 56.2 Å². The second-order valence-corrected chi connectivity index (χ2v) is 16.8. The molecule has 0 saturated carbocycles. The van der Waals surface area contributed by atoms with Crippen molar-refractivity contribution in [2.24, 2.45) is 5.92 Å². The maximum Gasteiger partial charge on any atom is 0.293 e. The SMILES string of the molecule is CC(=O)Nc1cccc(Oc2cc(N3CCN(Cc4ccccc4-c4ccc(Cl)cc4)CC3)ccc2C(=O)NS(=O)(=O)c2ccc(NCC3CCOCC3)c([N+](=O)[O-])c2)c1. The Balaban J connectivity index is 1.09. The molecule has 0 bridgehead atoms. The Bertz CT molecular complexity index is 2470. The average molecular weight is 853 g/mol. The zero-order valence-corrected chi connectivity index (χ0v) is 34.5. The Hall–Kier alpha value is -6.00. The minimum Gasteiger partial charge on any atom is -0.456 e. The summed E-state index contributed by atoms with van der Waals surface area (Å²) >= 11 is 6.15. The first-order chi connectivity index (χ1) is 28.9. The maximum atomic E-state index is 13.9. The predicted octanol–water partition coefficient (Wildman–Crippen LogP) is 7.95. The van der Waals surface area contributed by atoms with Crippen LogP contribution in [0.15, 0.2) is 114 Å². The molecule has 3 N–H and O–H groups in total. The van der Waals surface area contributed by atoms with Gasteiger partial charge in [0.1, 0.15) is 17.2 Å². The number of benzene rings is 5. The second-order valence-electron chi connectivity index (χ2n) is 14.7. The number of anilines is 3. The third-order valence-electron chi connectivity index (χ3n) is 10.5. The Morgan fingerprint density at radius 3 is 2.38 bits per heavy atom. The summed E-state index contributed by atoms with van der Waals surface area (Å²) in [5.74, 6) is -0.661. The van der Waals surface area contributed by atoms with Crippen LogP contribution in [0.25, 0.3) is 11.1 Å². The minimum absolute atomic E-state index is 0.0677. The van der Waals surface area contributed by atoms with E-state index in [0.29, 0.717) is 49.3 Å². The Labute approximate surface area is 353 Å². The van der Waals surface area contributed by atoms with Crippen LogP contribution >= 0.6 is 11.6 Å². The number of carbonyl (C=O) groups is 2. The molecular weight excluding hydrogens is 808 g/mol. The van der Waals surface area contributed by atoms with Gasteiger partial charge in [0.15, 0.2) is 0 Å². The molecule has 2 aliphatic rings. The van der Waals surface area contributed by atoms with E-state index in [4.69, 9.17) is 21.1 Å². The normalized spacial score (nSPS) is 14.9. The van der Waals surface area contributed by atoms with Crippen LogP contribution in [0, 0.1) is 16.0 Å². The lowest BCUT2D eigenvalue weighted by molar-refractivity contribution is -0.384. The fourth-order valence-electron chi connectivity index (χ4n) is 7.34. The van der Waals surface area contributed by atoms with Crippen LogP contribution in [0.3, 0.4) is 0 Å². The van der Waals surface area contributed by atoms with Crippen LogP contribution in [-0.4, -0.2) is 76.0 Å². The van der Waals surface area contributed by atoms with Crippen LogP contribution < -0.4 is 25.0 Å². The number of carbonyl (C=O) groups excluding carboxylic acids is 2. The monoisotopic (exact) mass is 852 g/mol. The minimum atomic E-state index is -4.58. The molecule has 0 radical (unpaired) electrons. The third-order valence-corrected chi connectivity index (χ3v) is 12.1. The van der Waals surface area contributed by atoms with Gasteiger partial charge in [-0.15, -0.1) is 0 Å². The van der Waals surface area contributed by atoms with Crippen molar-refractivity contribution < 1.29 is 32.4 Å². The van der Waals surface area contributed by atoms with E-state index in [1.165, 1.54) is 30.7 Å². The molecule has 0 atom stereocenters. The van der Waals surface area contributed by atoms with E-state index >= 15 is 0 Å². The summed E-state index contributed by atoms with van der Waals surface area (Å²) in [6.07, 6.45) is 1.62. The highest BCUT2D eigenvalue weighted by atomic mass is 35.5. The average Bonchev–Trinajstić information content (AvgIpc) is 3.24. The lowest BCUT2D eigenvalue weighted by atomic mass is 9.99. The van der Waals surface area contributed by atoms with Gasteiger partial charge in [-0.25, -0.2) is 13.1 Å². The van der Waals surface area contributed by atoms with Gasteiger partial charge in [0.2, 0.25) is 5.91 Å². The van der Waals surface area contributed by atoms with E-state index in [0.717, 1.165) is 55.4 Å². The number of nitro benzene ring substituents is 1. The fraction of sp³-hybridized carbons (Fsp3) is 0.273. The molecule has 0 aromatic heterocycles. The summed E-state index contributed by atoms with van der Waals surface area (Å²) < 4.78 is 41.0. The zero-order chi connectivity index (χ0) is 42.2. The standard InChI is InChI=1S/C44H45ClN6O8S/c1-30(52)47-35-6-4-7-37(25-35)59-43-26-36(50-21-19-49(20-22-50)29-33-5-2-3-8-39(33)32-9-11-34(45)12-10-32)13-15-40(43)44(53)48-60(56,57)38-14-16-41(42(27-38)51(54)55)46-28-31-17-23-58-24-18-31/h2-16,25-27,31,46H,17-24,28-29H2,1H3,(H,47,52)(H,48,53). The number of amides is 2. The van der Waals surface area contributed by atoms with Gasteiger partial charge in [0.05, 0.1) is 15.4 Å². The van der Waals surface area contributed by atoms with Crippen LogP contribution in [0.4, 0.5) is 22.7 Å². The van der Waals surface area contributed by atoms with E-state index in [-0.39, 0.29) is 28.8 Å². The lowest BCUT2D eigenvalue weighted by Gasteiger charge is -2.36. The van der Waals surface area contributed by atoms with E-state index in [1.54, 1.807) is 36.4 Å². The number of ether oxygens (including phenoxy) is 2. The Morgan fingerprint density at radius 1 is 0.900 bits per heavy atom. The summed E-state index contributed by atoms with van der Waals surface area (Å²) in [7, 11) is -4.58. The first kappa shape index (κ1) is 42.1. The van der Waals surface area contributed by atoms with E-state index in [9.17, 15) is 28.1 Å². The van der Waals surface area contributed by atoms with Crippen LogP contribution in [-0.2, 0) is 26.1 Å². The fourth-order valence-corrected chi connectivity index (χ4v) is 8.45. The Kier molecular flexibility index (Phi) is 13.3. The highest BCUT2D eigenvalue weighted by molar-refractivity contribution is 7.90. The third kappa shape index (κ3) is 10.6. The molecule has 2 heterocycles. The number of sulfonamides is 1. The van der Waals surface area contributed by atoms with Gasteiger partial charge in [-0.3, -0.25) is 24.6 Å². The van der Waals surface area contributed by atoms with E-state index < -0.39 is 31.4 Å². The number of halogens is 1. The van der Waals surface area contributed by atoms with Gasteiger partial charge in [-0.1, -0.05) is 54.1 Å². The quantitative estimate of drug-likeness (QED) is 0.0732. The van der Waals surface area contributed by atoms with Gasteiger partial charge < -0.3 is 25.0 Å². The summed E-state index contributed by atoms with van der Waals surface area (Å²) in [6, 6.07) is 31.1. The molecule has 0 aliphatic carbocycles. The smallest absolute Gasteiger partial charge is 0.293 e. The summed E-state index contributed by atoms with van der Waals surface area (Å²) in [6.45, 7) is 6.66. The maximum absolute atomic E-state index is 13.9. The van der Waals surface area contributed by atoms with Crippen LogP contribution in [0.5, 0.6) is 11.5 Å². The molecule has 2 amide bonds. The van der Waals surface area contributed by atoms with E-state index in [2.05, 4.69) is 37.3 Å². The molecule has 60 heavy (non-hydrogen) atoms. The van der Waals surface area contributed by atoms with Crippen molar-refractivity contribution in [2.45, 2.75) is 31.2 Å². The van der Waals surface area contributed by atoms with Crippen molar-refractivity contribution in [2.75, 3.05) is 61.5 Å². The van der Waals surface area contributed by atoms with Crippen molar-refractivity contribution in [3.63, 3.8) is 0 Å². The molecule has 7 rings (SSSR count). The summed E-state index contributed by atoms with van der Waals surface area (Å²) in [5.41, 5.74) is 4.30. The van der Waals surface area contributed by atoms with Crippen molar-refractivity contribution in [3.8, 4) is 22.6 Å². The lowest BCUT2D eigenvalue weighted by Crippen LogP contribution is -2.46. The molecule has 2 saturated heterocycles. The highest BCUT2D eigenvalue weighted by Crippen LogP contribution is 2.34. The second kappa shape index (κ2) is 18.9. The topological polar surface area (TPSA) is 172 Å². The zero-order valence-electron chi connectivity index (χ0n) is 32.9. The van der Waals surface area contributed by atoms with Crippen LogP contribution in [0.2, 0.25) is 5.02 Å². The first-order valence-electron chi connectivity index (χ1n) is 19.6. The Morgan fingerprint density at radius 2 is 1.65 bits per heavy atom. The molecule has 0 spiro atoms. The van der Waals surface area contributed by atoms with Gasteiger partial charge in [-0.2, -0.15) is 0 Å². The number of hydrogen-bond donors (Lipinski definition) is 3. The number of nitrogens with zero attached hydrogens (tertiary/aromatic N) is 3. The number of rotatable bonds is 14. The predicted molar refractivity (Wildman–Crippen MR) is 231 cm³/mol. The molecule has 14 nitrogen and oxygen atoms in total. The van der Waals surface area contributed by atoms with Crippen molar-refractivity contribution in [1.82, 2.24) is 9.62 Å². The number of nitrogens with one attached hydrogen (secondary N) is 3. The van der Waals surface area contributed by atoms with Gasteiger partial charge >= 0.3 is 0 Å². The van der Waals surface area contributed by atoms with Crippen LogP contribution in [0.1, 0.15) is 35.7 Å². The molecule has 2 aliphatic heterocycles. The molecule has 2 fully saturated rings. The molecule has 0 unspecified atom stereocenters. The largest absolute Gasteiger partial charge is 0.456 e. The number of nitro groups is 1.